The zero-order chi connectivity index (χ0) is 9.14. The first kappa shape index (κ1) is 9.71. The number of aliphatic hydroxyl groups excluding tert-OH is 1. The maximum Gasteiger partial charge on any atom is 0.134 e. The van der Waals surface area contributed by atoms with Gasteiger partial charge >= 0.3 is 0 Å². The summed E-state index contributed by atoms with van der Waals surface area (Å²) >= 11 is 11.2. The zero-order valence-electron chi connectivity index (χ0n) is 6.46. The van der Waals surface area contributed by atoms with E-state index in [2.05, 4.69) is 9.97 Å². The van der Waals surface area contributed by atoms with Crippen molar-refractivity contribution < 1.29 is 5.11 Å². The van der Waals surface area contributed by atoms with Crippen LogP contribution in [0.3, 0.4) is 0 Å². The summed E-state index contributed by atoms with van der Waals surface area (Å²) < 4.78 is 0. The zero-order valence-corrected chi connectivity index (χ0v) is 7.97. The first-order valence-electron chi connectivity index (χ1n) is 3.45. The van der Waals surface area contributed by atoms with E-state index in [4.69, 9.17) is 28.3 Å². The molecule has 1 unspecified atom stereocenters. The molecule has 0 amide bonds. The van der Waals surface area contributed by atoms with E-state index < -0.39 is 6.10 Å². The molecule has 12 heavy (non-hydrogen) atoms. The Labute approximate surface area is 80.4 Å². The molecule has 0 aliphatic heterocycles. The highest BCUT2D eigenvalue weighted by atomic mass is 35.5. The molecule has 0 saturated carbocycles. The first-order chi connectivity index (χ1) is 5.58. The van der Waals surface area contributed by atoms with Gasteiger partial charge in [0, 0.05) is 12.5 Å². The molecule has 1 aromatic heterocycles. The Kier molecular flexibility index (Phi) is 3.26. The van der Waals surface area contributed by atoms with Crippen LogP contribution in [0.25, 0.3) is 0 Å². The third-order valence-electron chi connectivity index (χ3n) is 1.19. The molecule has 0 radical (unpaired) electrons. The second-order valence-electron chi connectivity index (χ2n) is 2.48. The summed E-state index contributed by atoms with van der Waals surface area (Å²) in [7, 11) is 0. The van der Waals surface area contributed by atoms with E-state index in [0.29, 0.717) is 22.6 Å². The summed E-state index contributed by atoms with van der Waals surface area (Å²) in [6.07, 6.45) is -0.125. The van der Waals surface area contributed by atoms with E-state index >= 15 is 0 Å². The van der Waals surface area contributed by atoms with Crippen LogP contribution in [0.15, 0.2) is 6.07 Å². The Morgan fingerprint density at radius 1 is 1.42 bits per heavy atom. The van der Waals surface area contributed by atoms with Gasteiger partial charge in [-0.1, -0.05) is 23.2 Å². The fourth-order valence-electron chi connectivity index (χ4n) is 0.790. The average molecular weight is 207 g/mol. The molecule has 0 aromatic carbocycles. The molecule has 1 aromatic rings. The van der Waals surface area contributed by atoms with Gasteiger partial charge in [-0.25, -0.2) is 9.97 Å². The van der Waals surface area contributed by atoms with Crippen molar-refractivity contribution in [1.82, 2.24) is 9.97 Å². The maximum atomic E-state index is 9.02. The molecule has 1 heterocycles. The average Bonchev–Trinajstić information content (AvgIpc) is 1.81. The number of aliphatic hydroxyl groups is 1. The summed E-state index contributed by atoms with van der Waals surface area (Å²) in [4.78, 5) is 7.77. The first-order valence-corrected chi connectivity index (χ1v) is 4.20. The van der Waals surface area contributed by atoms with Crippen LogP contribution in [0.5, 0.6) is 0 Å². The summed E-state index contributed by atoms with van der Waals surface area (Å²) in [6, 6.07) is 1.45. The monoisotopic (exact) mass is 206 g/mol. The van der Waals surface area contributed by atoms with Gasteiger partial charge in [0.1, 0.15) is 16.1 Å². The number of halogens is 2. The van der Waals surface area contributed by atoms with Crippen LogP contribution in [0.1, 0.15) is 12.7 Å². The van der Waals surface area contributed by atoms with Crippen molar-refractivity contribution in [3.8, 4) is 0 Å². The van der Waals surface area contributed by atoms with E-state index in [1.54, 1.807) is 6.92 Å². The van der Waals surface area contributed by atoms with Crippen molar-refractivity contribution >= 4 is 23.2 Å². The number of aromatic nitrogens is 2. The quantitative estimate of drug-likeness (QED) is 0.750. The Morgan fingerprint density at radius 3 is 2.33 bits per heavy atom. The number of nitrogens with zero attached hydrogens (tertiary/aromatic N) is 2. The van der Waals surface area contributed by atoms with Gasteiger partial charge in [-0.2, -0.15) is 0 Å². The van der Waals surface area contributed by atoms with E-state index in [0.717, 1.165) is 0 Å². The molecule has 1 atom stereocenters. The van der Waals surface area contributed by atoms with Crippen molar-refractivity contribution in [1.29, 1.82) is 0 Å². The van der Waals surface area contributed by atoms with Crippen LogP contribution in [0.4, 0.5) is 0 Å². The lowest BCUT2D eigenvalue weighted by Gasteiger charge is -2.02. The lowest BCUT2D eigenvalue weighted by Crippen LogP contribution is -2.08. The standard InChI is InChI=1S/C7H8Cl2N2O/c1-4(12)2-7-10-5(8)3-6(9)11-7/h3-4,12H,2H2,1H3. The summed E-state index contributed by atoms with van der Waals surface area (Å²) in [6.45, 7) is 1.65. The molecule has 3 nitrogen and oxygen atoms in total. The highest BCUT2D eigenvalue weighted by Crippen LogP contribution is 2.12. The molecular weight excluding hydrogens is 199 g/mol. The minimum atomic E-state index is -0.487. The van der Waals surface area contributed by atoms with Crippen LogP contribution in [-0.2, 0) is 6.42 Å². The fraction of sp³-hybridized carbons (Fsp3) is 0.429. The maximum absolute atomic E-state index is 9.02. The van der Waals surface area contributed by atoms with Crippen LogP contribution < -0.4 is 0 Å². The van der Waals surface area contributed by atoms with Crippen molar-refractivity contribution in [3.05, 3.63) is 22.2 Å². The second kappa shape index (κ2) is 4.03. The minimum absolute atomic E-state index is 0.297. The van der Waals surface area contributed by atoms with E-state index in [1.165, 1.54) is 6.07 Å². The van der Waals surface area contributed by atoms with Crippen LogP contribution >= 0.6 is 23.2 Å². The minimum Gasteiger partial charge on any atom is -0.393 e. The second-order valence-corrected chi connectivity index (χ2v) is 3.26. The summed E-state index contributed by atoms with van der Waals surface area (Å²) in [5.41, 5.74) is 0. The number of hydrogen-bond acceptors (Lipinski definition) is 3. The van der Waals surface area contributed by atoms with Crippen molar-refractivity contribution in [2.24, 2.45) is 0 Å². The van der Waals surface area contributed by atoms with Crippen molar-refractivity contribution in [2.75, 3.05) is 0 Å². The number of rotatable bonds is 2. The lowest BCUT2D eigenvalue weighted by atomic mass is 10.3. The van der Waals surface area contributed by atoms with Gasteiger partial charge < -0.3 is 5.11 Å². The van der Waals surface area contributed by atoms with Crippen LogP contribution in [-0.4, -0.2) is 21.2 Å². The Balaban J connectivity index is 2.85. The van der Waals surface area contributed by atoms with Gasteiger partial charge in [-0.3, -0.25) is 0 Å². The highest BCUT2D eigenvalue weighted by molar-refractivity contribution is 6.33. The summed E-state index contributed by atoms with van der Waals surface area (Å²) in [5, 5.41) is 9.62. The molecule has 0 fully saturated rings. The van der Waals surface area contributed by atoms with Crippen LogP contribution in [0, 0.1) is 0 Å². The molecule has 1 N–H and O–H groups in total. The Morgan fingerprint density at radius 2 is 1.92 bits per heavy atom. The predicted molar refractivity (Wildman–Crippen MR) is 47.4 cm³/mol. The van der Waals surface area contributed by atoms with Gasteiger partial charge in [-0.05, 0) is 6.92 Å². The van der Waals surface area contributed by atoms with Gasteiger partial charge in [0.15, 0.2) is 0 Å². The molecule has 0 spiro atoms. The molecular formula is C7H8Cl2N2O. The van der Waals surface area contributed by atoms with E-state index in [9.17, 15) is 0 Å². The Hall–Kier alpha value is -0.380. The molecule has 1 rings (SSSR count). The highest BCUT2D eigenvalue weighted by Gasteiger charge is 2.04. The molecule has 66 valence electrons. The van der Waals surface area contributed by atoms with Gasteiger partial charge in [-0.15, -0.1) is 0 Å². The van der Waals surface area contributed by atoms with Gasteiger partial charge in [0.05, 0.1) is 6.10 Å². The van der Waals surface area contributed by atoms with Crippen LogP contribution in [0.2, 0.25) is 10.3 Å². The topological polar surface area (TPSA) is 46.0 Å². The fourth-order valence-corrected chi connectivity index (χ4v) is 1.25. The largest absolute Gasteiger partial charge is 0.393 e. The predicted octanol–water partition coefficient (Wildman–Crippen LogP) is 1.71. The molecule has 5 heteroatoms. The van der Waals surface area contributed by atoms with Crippen molar-refractivity contribution in [3.63, 3.8) is 0 Å². The molecule has 0 saturated heterocycles. The van der Waals surface area contributed by atoms with Gasteiger partial charge in [0.25, 0.3) is 0 Å². The Bertz CT molecular complexity index is 258. The van der Waals surface area contributed by atoms with E-state index in [-0.39, 0.29) is 0 Å². The van der Waals surface area contributed by atoms with E-state index in [1.807, 2.05) is 0 Å². The lowest BCUT2D eigenvalue weighted by molar-refractivity contribution is 0.193. The summed E-state index contributed by atoms with van der Waals surface area (Å²) in [5.74, 6) is 0.461. The molecule has 0 bridgehead atoms. The smallest absolute Gasteiger partial charge is 0.134 e. The molecule has 0 aliphatic rings. The SMILES string of the molecule is CC(O)Cc1nc(Cl)cc(Cl)n1. The third kappa shape index (κ3) is 2.93. The number of hydrogen-bond donors (Lipinski definition) is 1. The van der Waals surface area contributed by atoms with Crippen molar-refractivity contribution in [2.45, 2.75) is 19.4 Å². The molecule has 0 aliphatic carbocycles. The van der Waals surface area contributed by atoms with Gasteiger partial charge in [0.2, 0.25) is 0 Å². The normalized spacial score (nSPS) is 13.0. The third-order valence-corrected chi connectivity index (χ3v) is 1.58.